The quantitative estimate of drug-likeness (QED) is 0.770. The normalized spacial score (nSPS) is 17.1. The molecule has 0 spiro atoms. The lowest BCUT2D eigenvalue weighted by molar-refractivity contribution is -0.130. The van der Waals surface area contributed by atoms with Gasteiger partial charge in [0.2, 0.25) is 11.8 Å². The summed E-state index contributed by atoms with van der Waals surface area (Å²) in [6.45, 7) is 4.39. The van der Waals surface area contributed by atoms with E-state index >= 15 is 0 Å². The number of amides is 2. The van der Waals surface area contributed by atoms with E-state index in [1.54, 1.807) is 25.9 Å². The van der Waals surface area contributed by atoms with Crippen molar-refractivity contribution < 1.29 is 23.4 Å². The predicted molar refractivity (Wildman–Crippen MR) is 87.0 cm³/mol. The van der Waals surface area contributed by atoms with Crippen LogP contribution in [0.15, 0.2) is 9.05 Å². The molecule has 26 heavy (non-hydrogen) atoms. The first kappa shape index (κ1) is 18.1. The average Bonchev–Trinajstić information content (AvgIpc) is 3.31. The number of aryl methyl sites for hydroxylation is 2. The molecule has 1 fully saturated rings. The van der Waals surface area contributed by atoms with Gasteiger partial charge in [-0.25, -0.2) is 0 Å². The molecule has 1 aliphatic rings. The molecule has 2 amide bonds. The maximum atomic E-state index is 12.2. The number of carbonyl (C=O) groups excluding carboxylic acids is 2. The minimum atomic E-state index is -0.314. The SMILES string of the molecule is COCCN1C(=O)CC[C@H]1c1nc(CNC(=O)c2c(C)noc2C)no1. The summed E-state index contributed by atoms with van der Waals surface area (Å²) in [4.78, 5) is 30.2. The fourth-order valence-corrected chi connectivity index (χ4v) is 2.99. The molecule has 0 aromatic carbocycles. The Morgan fingerprint density at radius 1 is 1.35 bits per heavy atom. The Morgan fingerprint density at radius 3 is 2.85 bits per heavy atom. The number of ether oxygens (including phenoxy) is 1. The monoisotopic (exact) mass is 363 g/mol. The summed E-state index contributed by atoms with van der Waals surface area (Å²) in [6.07, 6.45) is 1.06. The Labute approximate surface area is 149 Å². The molecule has 1 aliphatic heterocycles. The smallest absolute Gasteiger partial charge is 0.257 e. The van der Waals surface area contributed by atoms with Gasteiger partial charge in [0.15, 0.2) is 5.82 Å². The van der Waals surface area contributed by atoms with Gasteiger partial charge < -0.3 is 24.0 Å². The Balaban J connectivity index is 1.63. The van der Waals surface area contributed by atoms with Crippen LogP contribution in [0.3, 0.4) is 0 Å². The summed E-state index contributed by atoms with van der Waals surface area (Å²) in [5, 5.41) is 10.4. The molecule has 0 radical (unpaired) electrons. The number of hydrogen-bond donors (Lipinski definition) is 1. The van der Waals surface area contributed by atoms with Crippen LogP contribution in [0, 0.1) is 13.8 Å². The summed E-state index contributed by atoms with van der Waals surface area (Å²) in [5.74, 6) is 0.885. The van der Waals surface area contributed by atoms with E-state index in [4.69, 9.17) is 13.8 Å². The summed E-state index contributed by atoms with van der Waals surface area (Å²) in [6, 6.07) is -0.253. The molecule has 2 aromatic rings. The first-order valence-corrected chi connectivity index (χ1v) is 8.33. The molecular weight excluding hydrogens is 342 g/mol. The lowest BCUT2D eigenvalue weighted by Crippen LogP contribution is -2.31. The van der Waals surface area contributed by atoms with Crippen molar-refractivity contribution in [1.82, 2.24) is 25.5 Å². The van der Waals surface area contributed by atoms with E-state index in [9.17, 15) is 9.59 Å². The van der Waals surface area contributed by atoms with Gasteiger partial charge in [-0.15, -0.1) is 0 Å². The Morgan fingerprint density at radius 2 is 2.15 bits per heavy atom. The van der Waals surface area contributed by atoms with Gasteiger partial charge in [0.25, 0.3) is 5.91 Å². The standard InChI is InChI=1S/C16H21N5O5/c1-9-14(10(2)25-19-9)15(23)17-8-12-18-16(26-20-12)11-4-5-13(22)21(11)6-7-24-3/h11H,4-8H2,1-3H3,(H,17,23)/t11-/m0/s1. The van der Waals surface area contributed by atoms with E-state index in [1.165, 1.54) is 0 Å². The molecule has 0 aliphatic carbocycles. The lowest BCUT2D eigenvalue weighted by atomic mass is 10.2. The van der Waals surface area contributed by atoms with Crippen LogP contribution in [0.4, 0.5) is 0 Å². The van der Waals surface area contributed by atoms with Gasteiger partial charge >= 0.3 is 0 Å². The average molecular weight is 363 g/mol. The fraction of sp³-hybridized carbons (Fsp3) is 0.562. The Hall–Kier alpha value is -2.75. The molecule has 10 nitrogen and oxygen atoms in total. The summed E-state index contributed by atoms with van der Waals surface area (Å²) < 4.78 is 15.3. The Bertz CT molecular complexity index is 779. The molecule has 0 saturated carbocycles. The highest BCUT2D eigenvalue weighted by Crippen LogP contribution is 2.31. The minimum absolute atomic E-state index is 0.0403. The van der Waals surface area contributed by atoms with Crippen molar-refractivity contribution in [3.05, 3.63) is 28.7 Å². The minimum Gasteiger partial charge on any atom is -0.383 e. The van der Waals surface area contributed by atoms with Gasteiger partial charge in [-0.2, -0.15) is 4.98 Å². The van der Waals surface area contributed by atoms with Crippen LogP contribution in [0.5, 0.6) is 0 Å². The second kappa shape index (κ2) is 7.65. The first-order valence-electron chi connectivity index (χ1n) is 8.33. The van der Waals surface area contributed by atoms with Gasteiger partial charge in [0.05, 0.1) is 18.8 Å². The van der Waals surface area contributed by atoms with Gasteiger partial charge in [-0.1, -0.05) is 10.3 Å². The highest BCUT2D eigenvalue weighted by atomic mass is 16.5. The zero-order valence-electron chi connectivity index (χ0n) is 14.9. The number of likely N-dealkylation sites (tertiary alicyclic amines) is 1. The lowest BCUT2D eigenvalue weighted by Gasteiger charge is -2.21. The van der Waals surface area contributed by atoms with Crippen LogP contribution in [-0.4, -0.2) is 52.3 Å². The molecule has 0 unspecified atom stereocenters. The van der Waals surface area contributed by atoms with Crippen molar-refractivity contribution in [2.45, 2.75) is 39.3 Å². The maximum Gasteiger partial charge on any atom is 0.257 e. The number of nitrogens with zero attached hydrogens (tertiary/aromatic N) is 4. The maximum absolute atomic E-state index is 12.2. The van der Waals surface area contributed by atoms with E-state index in [2.05, 4.69) is 20.6 Å². The van der Waals surface area contributed by atoms with Crippen LogP contribution in [0.25, 0.3) is 0 Å². The summed E-state index contributed by atoms with van der Waals surface area (Å²) in [7, 11) is 1.59. The molecule has 3 heterocycles. The second-order valence-corrected chi connectivity index (χ2v) is 6.07. The van der Waals surface area contributed by atoms with Crippen molar-refractivity contribution in [1.29, 1.82) is 0 Å². The predicted octanol–water partition coefficient (Wildman–Crippen LogP) is 0.914. The van der Waals surface area contributed by atoms with E-state index < -0.39 is 0 Å². The third-order valence-corrected chi connectivity index (χ3v) is 4.30. The van der Waals surface area contributed by atoms with Crippen LogP contribution in [0.1, 0.15) is 52.4 Å². The van der Waals surface area contributed by atoms with E-state index in [0.29, 0.717) is 54.7 Å². The van der Waals surface area contributed by atoms with Gasteiger partial charge in [-0.05, 0) is 20.3 Å². The number of nitrogens with one attached hydrogen (secondary N) is 1. The van der Waals surface area contributed by atoms with Crippen LogP contribution >= 0.6 is 0 Å². The van der Waals surface area contributed by atoms with Crippen LogP contribution in [0.2, 0.25) is 0 Å². The first-order chi connectivity index (χ1) is 12.5. The van der Waals surface area contributed by atoms with Crippen molar-refractivity contribution in [3.8, 4) is 0 Å². The third kappa shape index (κ3) is 3.59. The highest BCUT2D eigenvalue weighted by Gasteiger charge is 2.35. The van der Waals surface area contributed by atoms with Gasteiger partial charge in [0.1, 0.15) is 17.4 Å². The topological polar surface area (TPSA) is 124 Å². The fourth-order valence-electron chi connectivity index (χ4n) is 2.99. The van der Waals surface area contributed by atoms with Crippen molar-refractivity contribution in [2.75, 3.05) is 20.3 Å². The number of rotatable bonds is 7. The number of aromatic nitrogens is 3. The highest BCUT2D eigenvalue weighted by molar-refractivity contribution is 5.95. The van der Waals surface area contributed by atoms with Crippen LogP contribution in [-0.2, 0) is 16.1 Å². The summed E-state index contributed by atoms with van der Waals surface area (Å²) in [5.41, 5.74) is 0.924. The zero-order valence-corrected chi connectivity index (χ0v) is 14.9. The number of carbonyl (C=O) groups is 2. The van der Waals surface area contributed by atoms with E-state index in [-0.39, 0.29) is 24.4 Å². The third-order valence-electron chi connectivity index (χ3n) is 4.30. The largest absolute Gasteiger partial charge is 0.383 e. The van der Waals surface area contributed by atoms with Gasteiger partial charge in [0, 0.05) is 20.1 Å². The summed E-state index contributed by atoms with van der Waals surface area (Å²) >= 11 is 0. The van der Waals surface area contributed by atoms with E-state index in [0.717, 1.165) is 0 Å². The second-order valence-electron chi connectivity index (χ2n) is 6.07. The number of hydrogen-bond acceptors (Lipinski definition) is 8. The Kier molecular flexibility index (Phi) is 5.31. The molecule has 1 atom stereocenters. The zero-order chi connectivity index (χ0) is 18.7. The molecule has 3 rings (SSSR count). The molecule has 0 bridgehead atoms. The molecule has 140 valence electrons. The van der Waals surface area contributed by atoms with Gasteiger partial charge in [-0.3, -0.25) is 9.59 Å². The number of methoxy groups -OCH3 is 1. The molecule has 1 saturated heterocycles. The molecule has 1 N–H and O–H groups in total. The molecule has 2 aromatic heterocycles. The van der Waals surface area contributed by atoms with E-state index in [1.807, 2.05) is 0 Å². The van der Waals surface area contributed by atoms with Crippen molar-refractivity contribution in [2.24, 2.45) is 0 Å². The van der Waals surface area contributed by atoms with Crippen molar-refractivity contribution in [3.63, 3.8) is 0 Å². The molecule has 10 heteroatoms. The molecular formula is C16H21N5O5. The van der Waals surface area contributed by atoms with Crippen LogP contribution < -0.4 is 5.32 Å². The van der Waals surface area contributed by atoms with Crippen molar-refractivity contribution >= 4 is 11.8 Å².